The van der Waals surface area contributed by atoms with Crippen LogP contribution in [0.2, 0.25) is 0 Å². The summed E-state index contributed by atoms with van der Waals surface area (Å²) in [6.07, 6.45) is 10.9. The lowest BCUT2D eigenvalue weighted by atomic mass is 10.0. The second-order valence-electron chi connectivity index (χ2n) is 3.07. The fourth-order valence-electron chi connectivity index (χ4n) is 1.40. The molecular weight excluding hydrogens is 192 g/mol. The number of allylic oxidation sites excluding steroid dienone is 5. The van der Waals surface area contributed by atoms with Crippen LogP contribution in [0.5, 0.6) is 0 Å². The van der Waals surface area contributed by atoms with Gasteiger partial charge in [-0.1, -0.05) is 30.4 Å². The highest BCUT2D eigenvalue weighted by atomic mass is 32.1. The summed E-state index contributed by atoms with van der Waals surface area (Å²) in [7, 11) is 0. The maximum absolute atomic E-state index is 10.9. The van der Waals surface area contributed by atoms with Crippen LogP contribution in [0.25, 0.3) is 6.08 Å². The molecule has 0 saturated carbocycles. The van der Waals surface area contributed by atoms with E-state index >= 15 is 0 Å². The molecule has 1 heterocycles. The molecule has 2 heteroatoms. The van der Waals surface area contributed by atoms with E-state index in [1.165, 1.54) is 0 Å². The first-order valence-corrected chi connectivity index (χ1v) is 5.33. The maximum Gasteiger partial charge on any atom is 0.146 e. The number of hydrogen-bond donors (Lipinski definition) is 0. The first-order valence-electron chi connectivity index (χ1n) is 4.45. The summed E-state index contributed by atoms with van der Waals surface area (Å²) < 4.78 is 0. The molecule has 2 rings (SSSR count). The van der Waals surface area contributed by atoms with Crippen molar-refractivity contribution in [2.75, 3.05) is 0 Å². The van der Waals surface area contributed by atoms with Gasteiger partial charge in [-0.25, -0.2) is 0 Å². The zero-order chi connectivity index (χ0) is 9.80. The molecule has 1 aliphatic carbocycles. The molecule has 0 aromatic carbocycles. The maximum atomic E-state index is 10.9. The molecular formula is C12H10OS. The third-order valence-corrected chi connectivity index (χ3v) is 2.94. The Kier molecular flexibility index (Phi) is 2.75. The van der Waals surface area contributed by atoms with Crippen molar-refractivity contribution in [2.45, 2.75) is 0 Å². The Bertz CT molecular complexity index is 384. The Balaban J connectivity index is 2.25. The highest BCUT2D eigenvalue weighted by Gasteiger charge is 2.09. The molecule has 1 aliphatic rings. The van der Waals surface area contributed by atoms with Crippen molar-refractivity contribution in [1.82, 2.24) is 0 Å². The Labute approximate surface area is 87.1 Å². The summed E-state index contributed by atoms with van der Waals surface area (Å²) in [5.41, 5.74) is 0.817. The molecule has 0 unspecified atom stereocenters. The van der Waals surface area contributed by atoms with Gasteiger partial charge in [-0.05, 0) is 17.5 Å². The molecule has 0 fully saturated rings. The van der Waals surface area contributed by atoms with Gasteiger partial charge in [0.05, 0.1) is 0 Å². The molecule has 0 radical (unpaired) electrons. The van der Waals surface area contributed by atoms with Crippen molar-refractivity contribution < 1.29 is 4.79 Å². The molecule has 1 nitrogen and oxygen atoms in total. The molecule has 0 saturated heterocycles. The number of aldehydes is 1. The number of carbonyl (C=O) groups excluding carboxylic acids is 1. The van der Waals surface area contributed by atoms with Gasteiger partial charge in [0, 0.05) is 16.4 Å². The molecule has 0 atom stereocenters. The van der Waals surface area contributed by atoms with Gasteiger partial charge in [-0.3, -0.25) is 4.79 Å². The van der Waals surface area contributed by atoms with Crippen molar-refractivity contribution in [3.63, 3.8) is 0 Å². The van der Waals surface area contributed by atoms with Crippen molar-refractivity contribution in [1.29, 1.82) is 0 Å². The van der Waals surface area contributed by atoms with Crippen LogP contribution in [0.1, 0.15) is 4.88 Å². The van der Waals surface area contributed by atoms with Crippen molar-refractivity contribution in [3.8, 4) is 0 Å². The molecule has 1 aromatic heterocycles. The monoisotopic (exact) mass is 202 g/mol. The van der Waals surface area contributed by atoms with Crippen LogP contribution in [0.15, 0.2) is 47.4 Å². The van der Waals surface area contributed by atoms with Crippen LogP contribution in [0.4, 0.5) is 0 Å². The van der Waals surface area contributed by atoms with Crippen LogP contribution in [-0.2, 0) is 4.79 Å². The Morgan fingerprint density at radius 3 is 2.71 bits per heavy atom. The number of thiophene rings is 1. The lowest BCUT2D eigenvalue weighted by molar-refractivity contribution is -0.105. The Morgan fingerprint density at radius 1 is 1.36 bits per heavy atom. The topological polar surface area (TPSA) is 17.1 Å². The minimum atomic E-state index is 0.162. The predicted molar refractivity (Wildman–Crippen MR) is 60.1 cm³/mol. The minimum Gasteiger partial charge on any atom is -0.298 e. The van der Waals surface area contributed by atoms with Gasteiger partial charge in [-0.15, -0.1) is 11.3 Å². The van der Waals surface area contributed by atoms with E-state index in [0.717, 1.165) is 16.7 Å². The highest BCUT2D eigenvalue weighted by Crippen LogP contribution is 2.21. The van der Waals surface area contributed by atoms with E-state index < -0.39 is 0 Å². The third kappa shape index (κ3) is 1.91. The van der Waals surface area contributed by atoms with Gasteiger partial charge >= 0.3 is 0 Å². The van der Waals surface area contributed by atoms with Crippen molar-refractivity contribution in [3.05, 3.63) is 52.3 Å². The fraction of sp³-hybridized carbons (Fsp3) is 0.0833. The molecule has 0 aliphatic heterocycles. The van der Waals surface area contributed by atoms with Crippen LogP contribution in [0.3, 0.4) is 0 Å². The van der Waals surface area contributed by atoms with Crippen LogP contribution in [0, 0.1) is 5.92 Å². The van der Waals surface area contributed by atoms with E-state index in [0.29, 0.717) is 0 Å². The quantitative estimate of drug-likeness (QED) is 0.544. The first-order chi connectivity index (χ1) is 6.90. The smallest absolute Gasteiger partial charge is 0.146 e. The van der Waals surface area contributed by atoms with Gasteiger partial charge in [-0.2, -0.15) is 0 Å². The van der Waals surface area contributed by atoms with E-state index in [-0.39, 0.29) is 5.92 Å². The number of rotatable bonds is 3. The molecule has 70 valence electrons. The summed E-state index contributed by atoms with van der Waals surface area (Å²) in [4.78, 5) is 12.0. The van der Waals surface area contributed by atoms with Crippen molar-refractivity contribution >= 4 is 23.7 Å². The summed E-state index contributed by atoms with van der Waals surface area (Å²) in [5, 5.41) is 2.01. The first kappa shape index (κ1) is 9.16. The third-order valence-electron chi connectivity index (χ3n) is 2.12. The SMILES string of the molecule is O=CC(=Cc1cccs1)C1C=CC=C1. The number of hydrogen-bond acceptors (Lipinski definition) is 2. The van der Waals surface area contributed by atoms with Gasteiger partial charge in [0.15, 0.2) is 0 Å². The lowest BCUT2D eigenvalue weighted by Crippen LogP contribution is -1.96. The van der Waals surface area contributed by atoms with E-state index in [4.69, 9.17) is 0 Å². The Morgan fingerprint density at radius 2 is 2.14 bits per heavy atom. The molecule has 0 bridgehead atoms. The number of carbonyl (C=O) groups is 1. The average Bonchev–Trinajstić information content (AvgIpc) is 2.86. The highest BCUT2D eigenvalue weighted by molar-refractivity contribution is 7.10. The van der Waals surface area contributed by atoms with E-state index in [1.54, 1.807) is 11.3 Å². The average molecular weight is 202 g/mol. The normalized spacial score (nSPS) is 16.4. The van der Waals surface area contributed by atoms with Gasteiger partial charge in [0.1, 0.15) is 6.29 Å². The fourth-order valence-corrected chi connectivity index (χ4v) is 2.08. The molecule has 0 amide bonds. The van der Waals surface area contributed by atoms with Gasteiger partial charge < -0.3 is 0 Å². The summed E-state index contributed by atoms with van der Waals surface area (Å²) >= 11 is 1.64. The predicted octanol–water partition coefficient (Wildman–Crippen LogP) is 3.07. The molecule has 0 spiro atoms. The van der Waals surface area contributed by atoms with E-state index in [9.17, 15) is 4.79 Å². The van der Waals surface area contributed by atoms with Crippen LogP contribution >= 0.6 is 11.3 Å². The lowest BCUT2D eigenvalue weighted by Gasteiger charge is -2.02. The standard InChI is InChI=1S/C12H10OS/c13-9-11(10-4-1-2-5-10)8-12-6-3-7-14-12/h1-10H. The summed E-state index contributed by atoms with van der Waals surface area (Å²) in [6, 6.07) is 4.00. The molecule has 14 heavy (non-hydrogen) atoms. The molecule has 1 aromatic rings. The van der Waals surface area contributed by atoms with E-state index in [2.05, 4.69) is 0 Å². The second-order valence-corrected chi connectivity index (χ2v) is 4.05. The molecule has 0 N–H and O–H groups in total. The second kappa shape index (κ2) is 4.20. The van der Waals surface area contributed by atoms with Crippen LogP contribution in [-0.4, -0.2) is 6.29 Å². The summed E-state index contributed by atoms with van der Waals surface area (Å²) in [5.74, 6) is 0.162. The van der Waals surface area contributed by atoms with Gasteiger partial charge in [0.25, 0.3) is 0 Å². The van der Waals surface area contributed by atoms with Crippen molar-refractivity contribution in [2.24, 2.45) is 5.92 Å². The van der Waals surface area contributed by atoms with E-state index in [1.807, 2.05) is 47.9 Å². The zero-order valence-electron chi connectivity index (χ0n) is 7.59. The van der Waals surface area contributed by atoms with Crippen LogP contribution < -0.4 is 0 Å². The van der Waals surface area contributed by atoms with Gasteiger partial charge in [0.2, 0.25) is 0 Å². The summed E-state index contributed by atoms with van der Waals surface area (Å²) in [6.45, 7) is 0. The zero-order valence-corrected chi connectivity index (χ0v) is 8.41. The Hall–Kier alpha value is -1.41. The largest absolute Gasteiger partial charge is 0.298 e. The minimum absolute atomic E-state index is 0.162.